The normalized spacial score (nSPS) is 19.2. The van der Waals surface area contributed by atoms with Crippen LogP contribution in [0.1, 0.15) is 39.0 Å². The molecular weight excluding hydrogens is 278 g/mol. The number of unbranched alkanes of at least 4 members (excludes halogenated alkanes) is 1. The van der Waals surface area contributed by atoms with E-state index in [-0.39, 0.29) is 18.5 Å². The van der Waals surface area contributed by atoms with E-state index in [0.29, 0.717) is 26.0 Å². The van der Waals surface area contributed by atoms with E-state index in [1.165, 1.54) is 0 Å². The molecule has 5 nitrogen and oxygen atoms in total. The number of aliphatic hydroxyl groups excluding tert-OH is 1. The lowest BCUT2D eigenvalue weighted by molar-refractivity contribution is -0.157. The number of amides is 1. The topological polar surface area (TPSA) is 66.8 Å². The van der Waals surface area contributed by atoms with Crippen LogP contribution in [0.25, 0.3) is 0 Å². The molecule has 20 heavy (non-hydrogen) atoms. The number of piperidine rings is 1. The highest BCUT2D eigenvalue weighted by Gasteiger charge is 2.33. The zero-order chi connectivity index (χ0) is 14.8. The number of rotatable bonds is 9. The Morgan fingerprint density at radius 3 is 2.95 bits per heavy atom. The molecule has 0 radical (unpaired) electrons. The van der Waals surface area contributed by atoms with Crippen LogP contribution in [0.3, 0.4) is 0 Å². The second-order valence-electron chi connectivity index (χ2n) is 4.79. The maximum atomic E-state index is 12.0. The molecule has 1 aliphatic heterocycles. The minimum Gasteiger partial charge on any atom is -0.464 e. The molecule has 0 aromatic rings. The third kappa shape index (κ3) is 5.71. The van der Waals surface area contributed by atoms with Gasteiger partial charge in [0.15, 0.2) is 0 Å². The van der Waals surface area contributed by atoms with Crippen LogP contribution in [0.15, 0.2) is 0 Å². The molecule has 1 N–H and O–H groups in total. The first-order valence-electron chi connectivity index (χ1n) is 7.35. The Kier molecular flexibility index (Phi) is 8.69. The molecule has 1 atom stereocenters. The number of carbonyl (C=O) groups excluding carboxylic acids is 2. The standard InChI is InChI=1S/C14H25NO4S/c1-2-19-14(18)12-6-5-7-13(17)15(12)8-11-20-10-4-3-9-16/h12,16H,2-11H2,1H3/t12-/m1/s1. The summed E-state index contributed by atoms with van der Waals surface area (Å²) in [6.45, 7) is 2.97. The summed E-state index contributed by atoms with van der Waals surface area (Å²) < 4.78 is 5.05. The van der Waals surface area contributed by atoms with Crippen molar-refractivity contribution in [1.82, 2.24) is 4.90 Å². The minimum absolute atomic E-state index is 0.0604. The van der Waals surface area contributed by atoms with Crippen molar-refractivity contribution < 1.29 is 19.4 Å². The van der Waals surface area contributed by atoms with Crippen molar-refractivity contribution in [2.75, 3.05) is 31.3 Å². The molecule has 1 rings (SSSR count). The predicted molar refractivity (Wildman–Crippen MR) is 79.6 cm³/mol. The fourth-order valence-corrected chi connectivity index (χ4v) is 3.20. The van der Waals surface area contributed by atoms with Crippen LogP contribution in [-0.2, 0) is 14.3 Å². The molecule has 1 fully saturated rings. The average molecular weight is 303 g/mol. The zero-order valence-corrected chi connectivity index (χ0v) is 13.0. The van der Waals surface area contributed by atoms with Crippen molar-refractivity contribution in [3.05, 3.63) is 0 Å². The van der Waals surface area contributed by atoms with Gasteiger partial charge in [0.25, 0.3) is 0 Å². The van der Waals surface area contributed by atoms with Crippen molar-refractivity contribution in [3.8, 4) is 0 Å². The number of hydrogen-bond donors (Lipinski definition) is 1. The van der Waals surface area contributed by atoms with Crippen LogP contribution in [-0.4, -0.2) is 59.2 Å². The van der Waals surface area contributed by atoms with E-state index in [1.807, 2.05) is 0 Å². The van der Waals surface area contributed by atoms with Gasteiger partial charge in [-0.05, 0) is 38.4 Å². The minimum atomic E-state index is -0.394. The Bertz CT molecular complexity index is 312. The molecule has 116 valence electrons. The number of carbonyl (C=O) groups is 2. The predicted octanol–water partition coefficient (Wildman–Crippen LogP) is 1.44. The lowest BCUT2D eigenvalue weighted by Crippen LogP contribution is -2.49. The van der Waals surface area contributed by atoms with Gasteiger partial charge in [-0.1, -0.05) is 0 Å². The van der Waals surface area contributed by atoms with Gasteiger partial charge in [-0.2, -0.15) is 11.8 Å². The summed E-state index contributed by atoms with van der Waals surface area (Å²) in [5.41, 5.74) is 0. The van der Waals surface area contributed by atoms with Gasteiger partial charge in [-0.15, -0.1) is 0 Å². The van der Waals surface area contributed by atoms with Crippen molar-refractivity contribution in [2.45, 2.75) is 45.1 Å². The maximum Gasteiger partial charge on any atom is 0.328 e. The van der Waals surface area contributed by atoms with Crippen LogP contribution in [0.2, 0.25) is 0 Å². The Morgan fingerprint density at radius 2 is 2.25 bits per heavy atom. The largest absolute Gasteiger partial charge is 0.464 e. The van der Waals surface area contributed by atoms with Gasteiger partial charge in [-0.3, -0.25) is 4.79 Å². The number of aliphatic hydroxyl groups is 1. The van der Waals surface area contributed by atoms with Crippen molar-refractivity contribution in [3.63, 3.8) is 0 Å². The van der Waals surface area contributed by atoms with Gasteiger partial charge in [0.05, 0.1) is 6.61 Å². The average Bonchev–Trinajstić information content (AvgIpc) is 2.44. The first kappa shape index (κ1) is 17.3. The summed E-state index contributed by atoms with van der Waals surface area (Å²) in [7, 11) is 0. The third-order valence-electron chi connectivity index (χ3n) is 3.30. The third-order valence-corrected chi connectivity index (χ3v) is 4.35. The fourth-order valence-electron chi connectivity index (χ4n) is 2.26. The molecule has 1 amide bonds. The summed E-state index contributed by atoms with van der Waals surface area (Å²) >= 11 is 1.76. The number of thioether (sulfide) groups is 1. The van der Waals surface area contributed by atoms with Crippen LogP contribution < -0.4 is 0 Å². The fraction of sp³-hybridized carbons (Fsp3) is 0.857. The molecule has 0 unspecified atom stereocenters. The smallest absolute Gasteiger partial charge is 0.328 e. The van der Waals surface area contributed by atoms with Crippen molar-refractivity contribution in [1.29, 1.82) is 0 Å². The van der Waals surface area contributed by atoms with Crippen LogP contribution >= 0.6 is 11.8 Å². The van der Waals surface area contributed by atoms with E-state index in [2.05, 4.69) is 0 Å². The molecule has 1 aliphatic rings. The summed E-state index contributed by atoms with van der Waals surface area (Å²) in [6, 6.07) is -0.394. The molecule has 0 aromatic carbocycles. The maximum absolute atomic E-state index is 12.0. The molecule has 0 aliphatic carbocycles. The summed E-state index contributed by atoms with van der Waals surface area (Å²) in [5, 5.41) is 8.69. The van der Waals surface area contributed by atoms with Crippen LogP contribution in [0, 0.1) is 0 Å². The van der Waals surface area contributed by atoms with E-state index < -0.39 is 6.04 Å². The molecule has 0 spiro atoms. The van der Waals surface area contributed by atoms with Gasteiger partial charge in [0.2, 0.25) is 5.91 Å². The number of likely N-dealkylation sites (tertiary alicyclic amines) is 1. The second kappa shape index (κ2) is 10.0. The summed E-state index contributed by atoms with van der Waals surface area (Å²) in [6.07, 6.45) is 3.81. The number of hydrogen-bond acceptors (Lipinski definition) is 5. The number of ether oxygens (including phenoxy) is 1. The lowest BCUT2D eigenvalue weighted by Gasteiger charge is -2.33. The quantitative estimate of drug-likeness (QED) is 0.516. The molecular formula is C14H25NO4S. The highest BCUT2D eigenvalue weighted by Crippen LogP contribution is 2.20. The highest BCUT2D eigenvalue weighted by atomic mass is 32.2. The van der Waals surface area contributed by atoms with Gasteiger partial charge < -0.3 is 14.7 Å². The summed E-state index contributed by atoms with van der Waals surface area (Å²) in [4.78, 5) is 25.5. The zero-order valence-electron chi connectivity index (χ0n) is 12.2. The molecule has 0 bridgehead atoms. The Labute approximate surface area is 125 Å². The SMILES string of the molecule is CCOC(=O)[C@H]1CCCC(=O)N1CCSCCCCO. The second-order valence-corrected chi connectivity index (χ2v) is 6.02. The highest BCUT2D eigenvalue weighted by molar-refractivity contribution is 7.99. The van der Waals surface area contributed by atoms with Gasteiger partial charge in [0.1, 0.15) is 6.04 Å². The van der Waals surface area contributed by atoms with Crippen molar-refractivity contribution >= 4 is 23.6 Å². The summed E-state index contributed by atoms with van der Waals surface area (Å²) in [5.74, 6) is 1.59. The van der Waals surface area contributed by atoms with E-state index in [1.54, 1.807) is 23.6 Å². The first-order valence-corrected chi connectivity index (χ1v) is 8.50. The van der Waals surface area contributed by atoms with Crippen LogP contribution in [0.5, 0.6) is 0 Å². The van der Waals surface area contributed by atoms with E-state index in [0.717, 1.165) is 30.8 Å². The number of nitrogens with zero attached hydrogens (tertiary/aromatic N) is 1. The Morgan fingerprint density at radius 1 is 1.45 bits per heavy atom. The monoisotopic (exact) mass is 303 g/mol. The first-order chi connectivity index (χ1) is 9.70. The lowest BCUT2D eigenvalue weighted by atomic mass is 10.0. The van der Waals surface area contributed by atoms with Crippen LogP contribution in [0.4, 0.5) is 0 Å². The molecule has 6 heteroatoms. The Hall–Kier alpha value is -0.750. The van der Waals surface area contributed by atoms with E-state index in [4.69, 9.17) is 9.84 Å². The number of esters is 1. The van der Waals surface area contributed by atoms with Gasteiger partial charge in [0, 0.05) is 25.3 Å². The molecule has 1 heterocycles. The van der Waals surface area contributed by atoms with Gasteiger partial charge >= 0.3 is 5.97 Å². The Balaban J connectivity index is 2.37. The van der Waals surface area contributed by atoms with Gasteiger partial charge in [-0.25, -0.2) is 4.79 Å². The molecule has 0 aromatic heterocycles. The van der Waals surface area contributed by atoms with E-state index in [9.17, 15) is 9.59 Å². The molecule has 0 saturated carbocycles. The van der Waals surface area contributed by atoms with E-state index >= 15 is 0 Å². The van der Waals surface area contributed by atoms with Crippen molar-refractivity contribution in [2.24, 2.45) is 0 Å². The molecule has 1 saturated heterocycles.